The molecule has 0 aliphatic heterocycles. The molecule has 0 fully saturated rings. The van der Waals surface area contributed by atoms with E-state index in [4.69, 9.17) is 4.74 Å². The average molecular weight is 297 g/mol. The Balaban J connectivity index is 1.95. The van der Waals surface area contributed by atoms with E-state index in [1.54, 1.807) is 30.7 Å². The number of nitrogens with zero attached hydrogens (tertiary/aromatic N) is 2. The van der Waals surface area contributed by atoms with Gasteiger partial charge in [-0.15, -0.1) is 0 Å². The van der Waals surface area contributed by atoms with Gasteiger partial charge < -0.3 is 19.4 Å². The number of nitrogens with one attached hydrogen (secondary N) is 1. The largest absolute Gasteiger partial charge is 0.493 e. The summed E-state index contributed by atoms with van der Waals surface area (Å²) < 4.78 is 36.5. The van der Waals surface area contributed by atoms with E-state index in [-0.39, 0.29) is 5.75 Å². The third-order valence-corrected chi connectivity index (χ3v) is 2.91. The number of rotatable bonds is 8. The number of imidazole rings is 1. The monoisotopic (exact) mass is 297 g/mol. The zero-order valence-electron chi connectivity index (χ0n) is 11.6. The van der Waals surface area contributed by atoms with Gasteiger partial charge >= 0.3 is 6.61 Å². The first-order valence-corrected chi connectivity index (χ1v) is 6.48. The third kappa shape index (κ3) is 4.42. The molecule has 1 aromatic carbocycles. The number of aromatic nitrogens is 2. The molecule has 0 unspecified atom stereocenters. The van der Waals surface area contributed by atoms with Crippen LogP contribution in [0.3, 0.4) is 0 Å². The van der Waals surface area contributed by atoms with E-state index in [2.05, 4.69) is 15.0 Å². The van der Waals surface area contributed by atoms with Gasteiger partial charge in [0.15, 0.2) is 11.5 Å². The second-order valence-corrected chi connectivity index (χ2v) is 4.30. The van der Waals surface area contributed by atoms with Crippen LogP contribution >= 0.6 is 0 Å². The molecule has 5 nitrogen and oxygen atoms in total. The van der Waals surface area contributed by atoms with Gasteiger partial charge in [0, 0.05) is 37.6 Å². The van der Waals surface area contributed by atoms with Crippen molar-refractivity contribution in [2.24, 2.45) is 0 Å². The summed E-state index contributed by atoms with van der Waals surface area (Å²) in [5.74, 6) is 0.370. The number of hydrogen-bond donors (Lipinski definition) is 1. The minimum atomic E-state index is -2.88. The highest BCUT2D eigenvalue weighted by molar-refractivity contribution is 5.46. The maximum Gasteiger partial charge on any atom is 0.387 e. The fourth-order valence-electron chi connectivity index (χ4n) is 1.93. The van der Waals surface area contributed by atoms with Crippen molar-refractivity contribution < 1.29 is 18.3 Å². The summed E-state index contributed by atoms with van der Waals surface area (Å²) in [4.78, 5) is 3.94. The normalized spacial score (nSPS) is 10.9. The van der Waals surface area contributed by atoms with Gasteiger partial charge in [0.2, 0.25) is 0 Å². The summed E-state index contributed by atoms with van der Waals surface area (Å²) in [6, 6.07) is 5.06. The van der Waals surface area contributed by atoms with Crippen molar-refractivity contribution in [1.29, 1.82) is 0 Å². The Bertz CT molecular complexity index is 547. The molecule has 1 heterocycles. The van der Waals surface area contributed by atoms with E-state index in [0.717, 1.165) is 6.54 Å². The van der Waals surface area contributed by atoms with Crippen LogP contribution < -0.4 is 14.8 Å². The van der Waals surface area contributed by atoms with Gasteiger partial charge in [-0.2, -0.15) is 8.78 Å². The molecule has 7 heteroatoms. The average Bonchev–Trinajstić information content (AvgIpc) is 2.97. The maximum absolute atomic E-state index is 12.5. The Morgan fingerprint density at radius 2 is 2.24 bits per heavy atom. The molecule has 2 aromatic rings. The number of benzene rings is 1. The molecule has 0 bridgehead atoms. The zero-order valence-corrected chi connectivity index (χ0v) is 11.6. The van der Waals surface area contributed by atoms with Gasteiger partial charge in [-0.05, 0) is 6.07 Å². The van der Waals surface area contributed by atoms with Crippen molar-refractivity contribution >= 4 is 0 Å². The molecule has 0 radical (unpaired) electrons. The quantitative estimate of drug-likeness (QED) is 0.759. The molecule has 21 heavy (non-hydrogen) atoms. The first kappa shape index (κ1) is 15.2. The fraction of sp³-hybridized carbons (Fsp3) is 0.357. The predicted molar refractivity (Wildman–Crippen MR) is 73.6 cm³/mol. The predicted octanol–water partition coefficient (Wildman–Crippen LogP) is 2.28. The fourth-order valence-corrected chi connectivity index (χ4v) is 1.93. The number of para-hydroxylation sites is 1. The standard InChI is InChI=1S/C14H17F2N3O2/c1-20-12-4-2-3-11(13(12)21-14(15)16)9-17-5-7-19-8-6-18-10-19/h2-4,6,8,10,14,17H,5,7,9H2,1H3. The van der Waals surface area contributed by atoms with E-state index >= 15 is 0 Å². The van der Waals surface area contributed by atoms with Crippen LogP contribution in [0.1, 0.15) is 5.56 Å². The molecular formula is C14H17F2N3O2. The van der Waals surface area contributed by atoms with Crippen molar-refractivity contribution in [3.63, 3.8) is 0 Å². The molecular weight excluding hydrogens is 280 g/mol. The second-order valence-electron chi connectivity index (χ2n) is 4.30. The number of halogens is 2. The van der Waals surface area contributed by atoms with Crippen LogP contribution in [0.25, 0.3) is 0 Å². The molecule has 114 valence electrons. The van der Waals surface area contributed by atoms with Gasteiger partial charge in [-0.3, -0.25) is 0 Å². The SMILES string of the molecule is COc1cccc(CNCCn2ccnc2)c1OC(F)F. The highest BCUT2D eigenvalue weighted by atomic mass is 19.3. The Morgan fingerprint density at radius 3 is 2.90 bits per heavy atom. The van der Waals surface area contributed by atoms with Crippen LogP contribution in [-0.4, -0.2) is 29.8 Å². The van der Waals surface area contributed by atoms with Crippen LogP contribution in [0.4, 0.5) is 8.78 Å². The summed E-state index contributed by atoms with van der Waals surface area (Å²) in [6.45, 7) is -1.05. The topological polar surface area (TPSA) is 48.3 Å². The van der Waals surface area contributed by atoms with Crippen molar-refractivity contribution in [3.05, 3.63) is 42.5 Å². The van der Waals surface area contributed by atoms with E-state index in [9.17, 15) is 8.78 Å². The summed E-state index contributed by atoms with van der Waals surface area (Å²) in [5, 5.41) is 3.18. The number of hydrogen-bond acceptors (Lipinski definition) is 4. The van der Waals surface area contributed by atoms with Gasteiger partial charge in [0.05, 0.1) is 13.4 Å². The molecule has 0 spiro atoms. The Morgan fingerprint density at radius 1 is 1.38 bits per heavy atom. The summed E-state index contributed by atoms with van der Waals surface area (Å²) in [6.07, 6.45) is 5.29. The molecule has 0 saturated heterocycles. The lowest BCUT2D eigenvalue weighted by Gasteiger charge is -2.15. The Hall–Kier alpha value is -2.15. The van der Waals surface area contributed by atoms with Crippen LogP contribution in [-0.2, 0) is 13.1 Å². The van der Waals surface area contributed by atoms with Gasteiger partial charge in [-0.25, -0.2) is 4.98 Å². The van der Waals surface area contributed by atoms with Crippen LogP contribution in [0, 0.1) is 0 Å². The number of alkyl halides is 2. The van der Waals surface area contributed by atoms with Crippen LogP contribution in [0.5, 0.6) is 11.5 Å². The Kier molecular flexibility index (Phi) is 5.51. The minimum Gasteiger partial charge on any atom is -0.493 e. The van der Waals surface area contributed by atoms with E-state index in [1.165, 1.54) is 7.11 Å². The van der Waals surface area contributed by atoms with Gasteiger partial charge in [-0.1, -0.05) is 12.1 Å². The van der Waals surface area contributed by atoms with Crippen molar-refractivity contribution in [2.45, 2.75) is 19.7 Å². The molecule has 0 saturated carbocycles. The van der Waals surface area contributed by atoms with Crippen molar-refractivity contribution in [2.75, 3.05) is 13.7 Å². The lowest BCUT2D eigenvalue weighted by Crippen LogP contribution is -2.20. The molecule has 1 aromatic heterocycles. The first-order valence-electron chi connectivity index (χ1n) is 6.48. The summed E-state index contributed by atoms with van der Waals surface area (Å²) >= 11 is 0. The molecule has 0 atom stereocenters. The van der Waals surface area contributed by atoms with Gasteiger partial charge in [0.1, 0.15) is 0 Å². The highest BCUT2D eigenvalue weighted by Crippen LogP contribution is 2.32. The van der Waals surface area contributed by atoms with E-state index in [1.807, 2.05) is 10.8 Å². The minimum absolute atomic E-state index is 0.0742. The zero-order chi connectivity index (χ0) is 15.1. The molecule has 0 aliphatic rings. The second kappa shape index (κ2) is 7.58. The third-order valence-electron chi connectivity index (χ3n) is 2.91. The lowest BCUT2D eigenvalue weighted by molar-refractivity contribution is -0.0518. The van der Waals surface area contributed by atoms with E-state index in [0.29, 0.717) is 24.4 Å². The summed E-state index contributed by atoms with van der Waals surface area (Å²) in [5.41, 5.74) is 0.625. The number of ether oxygens (including phenoxy) is 2. The van der Waals surface area contributed by atoms with Crippen LogP contribution in [0.15, 0.2) is 36.9 Å². The first-order chi connectivity index (χ1) is 10.2. The van der Waals surface area contributed by atoms with Crippen molar-refractivity contribution in [3.8, 4) is 11.5 Å². The smallest absolute Gasteiger partial charge is 0.387 e. The highest BCUT2D eigenvalue weighted by Gasteiger charge is 2.14. The number of methoxy groups -OCH3 is 1. The Labute approximate surface area is 121 Å². The maximum atomic E-state index is 12.5. The molecule has 0 aliphatic carbocycles. The van der Waals surface area contributed by atoms with E-state index < -0.39 is 6.61 Å². The van der Waals surface area contributed by atoms with Gasteiger partial charge in [0.25, 0.3) is 0 Å². The van der Waals surface area contributed by atoms with Crippen LogP contribution in [0.2, 0.25) is 0 Å². The molecule has 0 amide bonds. The summed E-state index contributed by atoms with van der Waals surface area (Å²) in [7, 11) is 1.42. The molecule has 2 rings (SSSR count). The molecule has 1 N–H and O–H groups in total. The lowest BCUT2D eigenvalue weighted by atomic mass is 10.2. The van der Waals surface area contributed by atoms with Crippen molar-refractivity contribution in [1.82, 2.24) is 14.9 Å².